The van der Waals surface area contributed by atoms with Gasteiger partial charge in [-0.25, -0.2) is 9.78 Å². The lowest BCUT2D eigenvalue weighted by Crippen LogP contribution is -2.51. The second-order valence-electron chi connectivity index (χ2n) is 10.1. The number of hydrogen-bond donors (Lipinski definition) is 4. The number of likely N-dealkylation sites (tertiary alicyclic amines) is 1. The molecule has 1 fully saturated rings. The fraction of sp³-hybridized carbons (Fsp3) is 0.333. The van der Waals surface area contributed by atoms with Crippen LogP contribution in [0.4, 0.5) is 5.69 Å². The normalized spacial score (nSPS) is 15.1. The minimum atomic E-state index is -1.19. The van der Waals surface area contributed by atoms with Gasteiger partial charge in [0.15, 0.2) is 0 Å². The highest BCUT2D eigenvalue weighted by Crippen LogP contribution is 2.22. The quantitative estimate of drug-likeness (QED) is 0.250. The lowest BCUT2D eigenvalue weighted by Gasteiger charge is -2.27. The first kappa shape index (κ1) is 29.8. The largest absolute Gasteiger partial charge is 0.481 e. The molecular weight excluding hydrogens is 542 g/mol. The number of fused-ring (bicyclic) bond motifs is 1. The molecule has 3 aromatic rings. The SMILES string of the molecule is C#CCN(Cc1ccc2nc(C)[nH]c(=O)c2c1)c1ccc(C(=O)N[C@@H](CCC(=O)O)C(=O)N2CCCC2C(=O)O)cc1. The van der Waals surface area contributed by atoms with E-state index in [2.05, 4.69) is 21.2 Å². The number of nitrogens with zero attached hydrogens (tertiary/aromatic N) is 3. The van der Waals surface area contributed by atoms with Crippen LogP contribution < -0.4 is 15.8 Å². The maximum atomic E-state index is 13.2. The molecule has 1 unspecified atom stereocenters. The molecule has 12 heteroatoms. The summed E-state index contributed by atoms with van der Waals surface area (Å²) in [6, 6.07) is 9.70. The molecule has 2 aromatic carbocycles. The first-order valence-electron chi connectivity index (χ1n) is 13.4. The van der Waals surface area contributed by atoms with Gasteiger partial charge in [0, 0.05) is 30.8 Å². The molecule has 0 spiro atoms. The zero-order valence-corrected chi connectivity index (χ0v) is 23.0. The Labute approximate surface area is 241 Å². The van der Waals surface area contributed by atoms with Gasteiger partial charge in [-0.1, -0.05) is 12.0 Å². The molecule has 2 atom stereocenters. The summed E-state index contributed by atoms with van der Waals surface area (Å²) in [5.41, 5.74) is 2.11. The number of carbonyl (C=O) groups is 4. The third-order valence-electron chi connectivity index (χ3n) is 7.11. The van der Waals surface area contributed by atoms with Gasteiger partial charge in [-0.05, 0) is 68.1 Å². The van der Waals surface area contributed by atoms with Crippen molar-refractivity contribution in [2.75, 3.05) is 18.0 Å². The predicted molar refractivity (Wildman–Crippen MR) is 154 cm³/mol. The van der Waals surface area contributed by atoms with Gasteiger partial charge < -0.3 is 30.3 Å². The number of carboxylic acid groups (broad SMARTS) is 2. The van der Waals surface area contributed by atoms with E-state index in [1.807, 2.05) is 11.0 Å². The van der Waals surface area contributed by atoms with Crippen molar-refractivity contribution in [2.24, 2.45) is 0 Å². The van der Waals surface area contributed by atoms with Gasteiger partial charge in [-0.3, -0.25) is 19.2 Å². The van der Waals surface area contributed by atoms with Gasteiger partial charge in [-0.2, -0.15) is 0 Å². The van der Waals surface area contributed by atoms with E-state index in [9.17, 15) is 29.1 Å². The summed E-state index contributed by atoms with van der Waals surface area (Å²) < 4.78 is 0. The van der Waals surface area contributed by atoms with Crippen molar-refractivity contribution in [2.45, 2.75) is 51.2 Å². The lowest BCUT2D eigenvalue weighted by molar-refractivity contribution is -0.149. The first-order valence-corrected chi connectivity index (χ1v) is 13.4. The van der Waals surface area contributed by atoms with Crippen LogP contribution >= 0.6 is 0 Å². The van der Waals surface area contributed by atoms with Gasteiger partial charge in [-0.15, -0.1) is 6.42 Å². The number of carbonyl (C=O) groups excluding carboxylic acids is 2. The number of carboxylic acids is 2. The summed E-state index contributed by atoms with van der Waals surface area (Å²) in [7, 11) is 0. The van der Waals surface area contributed by atoms with Gasteiger partial charge in [0.2, 0.25) is 5.91 Å². The van der Waals surface area contributed by atoms with Crippen LogP contribution in [-0.2, 0) is 20.9 Å². The predicted octanol–water partition coefficient (Wildman–Crippen LogP) is 1.91. The highest BCUT2D eigenvalue weighted by atomic mass is 16.4. The lowest BCUT2D eigenvalue weighted by atomic mass is 10.1. The Morgan fingerprint density at radius 3 is 2.60 bits per heavy atom. The average Bonchev–Trinajstić information content (AvgIpc) is 3.45. The van der Waals surface area contributed by atoms with Crippen LogP contribution in [0.2, 0.25) is 0 Å². The van der Waals surface area contributed by atoms with E-state index in [-0.39, 0.29) is 37.1 Å². The molecule has 0 aliphatic carbocycles. The van der Waals surface area contributed by atoms with Crippen LogP contribution in [0.3, 0.4) is 0 Å². The zero-order chi connectivity index (χ0) is 30.4. The monoisotopic (exact) mass is 573 g/mol. The third kappa shape index (κ3) is 6.93. The molecule has 2 amide bonds. The Hall–Kier alpha value is -5.18. The summed E-state index contributed by atoms with van der Waals surface area (Å²) in [5, 5.41) is 21.6. The van der Waals surface area contributed by atoms with Crippen molar-refractivity contribution in [3.05, 3.63) is 69.8 Å². The maximum absolute atomic E-state index is 13.2. The highest BCUT2D eigenvalue weighted by molar-refractivity contribution is 5.98. The molecule has 1 aliphatic heterocycles. The molecule has 1 saturated heterocycles. The number of aromatic amines is 1. The van der Waals surface area contributed by atoms with Crippen molar-refractivity contribution in [1.29, 1.82) is 0 Å². The number of anilines is 1. The molecule has 4 rings (SSSR count). The van der Waals surface area contributed by atoms with Gasteiger partial charge in [0.05, 0.1) is 17.4 Å². The average molecular weight is 574 g/mol. The molecule has 0 saturated carbocycles. The number of aliphatic carboxylic acids is 2. The molecule has 218 valence electrons. The fourth-order valence-electron chi connectivity index (χ4n) is 5.05. The molecule has 4 N–H and O–H groups in total. The molecular formula is C30H31N5O7. The van der Waals surface area contributed by atoms with Crippen molar-refractivity contribution < 1.29 is 29.4 Å². The number of benzene rings is 2. The van der Waals surface area contributed by atoms with E-state index < -0.39 is 35.8 Å². The van der Waals surface area contributed by atoms with Crippen molar-refractivity contribution in [1.82, 2.24) is 20.2 Å². The van der Waals surface area contributed by atoms with E-state index in [0.717, 1.165) is 5.56 Å². The standard InChI is InChI=1S/C30H31N5O7/c1-3-14-34(17-19-6-11-23-22(16-19)28(39)32-18(2)31-23)21-9-7-20(8-10-21)27(38)33-24(12-13-26(36)37)29(40)35-15-4-5-25(35)30(41)42/h1,6-11,16,24-25H,4-5,12-15,17H2,2H3,(H,33,38)(H,36,37)(H,41,42)(H,31,32,39)/t24-,25?/m0/s1. The first-order chi connectivity index (χ1) is 20.1. The number of amides is 2. The number of aromatic nitrogens is 2. The Morgan fingerprint density at radius 1 is 1.19 bits per heavy atom. The third-order valence-corrected chi connectivity index (χ3v) is 7.11. The Kier molecular flexibility index (Phi) is 9.22. The number of nitrogens with one attached hydrogen (secondary N) is 2. The Morgan fingerprint density at radius 2 is 1.93 bits per heavy atom. The molecule has 0 bridgehead atoms. The molecule has 12 nitrogen and oxygen atoms in total. The summed E-state index contributed by atoms with van der Waals surface area (Å²) in [6.45, 7) is 2.56. The minimum absolute atomic E-state index is 0.180. The minimum Gasteiger partial charge on any atom is -0.481 e. The fourth-order valence-corrected chi connectivity index (χ4v) is 5.05. The highest BCUT2D eigenvalue weighted by Gasteiger charge is 2.37. The van der Waals surface area contributed by atoms with Crippen molar-refractivity contribution >= 4 is 40.3 Å². The van der Waals surface area contributed by atoms with Crippen LogP contribution in [0.1, 0.15) is 47.4 Å². The van der Waals surface area contributed by atoms with Gasteiger partial charge in [0.25, 0.3) is 11.5 Å². The number of aryl methyl sites for hydroxylation is 1. The summed E-state index contributed by atoms with van der Waals surface area (Å²) >= 11 is 0. The van der Waals surface area contributed by atoms with E-state index in [1.54, 1.807) is 43.3 Å². The second kappa shape index (κ2) is 13.0. The van der Waals surface area contributed by atoms with Crippen LogP contribution in [0.15, 0.2) is 47.3 Å². The Balaban J connectivity index is 1.50. The maximum Gasteiger partial charge on any atom is 0.326 e. The van der Waals surface area contributed by atoms with E-state index >= 15 is 0 Å². The number of H-pyrrole nitrogens is 1. The van der Waals surface area contributed by atoms with Gasteiger partial charge >= 0.3 is 11.9 Å². The Bertz CT molecular complexity index is 1610. The van der Waals surface area contributed by atoms with Crippen LogP contribution in [-0.4, -0.2) is 74.0 Å². The topological polar surface area (TPSA) is 173 Å². The van der Waals surface area contributed by atoms with Crippen LogP contribution in [0.25, 0.3) is 10.9 Å². The van der Waals surface area contributed by atoms with E-state index in [4.69, 9.17) is 11.5 Å². The molecule has 1 aromatic heterocycles. The summed E-state index contributed by atoms with van der Waals surface area (Å²) in [5.74, 6) is -0.362. The number of rotatable bonds is 11. The number of terminal acetylenes is 1. The summed E-state index contributed by atoms with van der Waals surface area (Å²) in [4.78, 5) is 71.5. The van der Waals surface area contributed by atoms with Gasteiger partial charge in [0.1, 0.15) is 17.9 Å². The van der Waals surface area contributed by atoms with Crippen molar-refractivity contribution in [3.8, 4) is 12.3 Å². The summed E-state index contributed by atoms with van der Waals surface area (Å²) in [6.07, 6.45) is 5.85. The molecule has 2 heterocycles. The van der Waals surface area contributed by atoms with Crippen molar-refractivity contribution in [3.63, 3.8) is 0 Å². The number of hydrogen-bond acceptors (Lipinski definition) is 7. The molecule has 42 heavy (non-hydrogen) atoms. The molecule has 1 aliphatic rings. The second-order valence-corrected chi connectivity index (χ2v) is 10.1. The smallest absolute Gasteiger partial charge is 0.326 e. The zero-order valence-electron chi connectivity index (χ0n) is 23.0. The van der Waals surface area contributed by atoms with Crippen LogP contribution in [0, 0.1) is 19.3 Å². The van der Waals surface area contributed by atoms with Crippen LogP contribution in [0.5, 0.6) is 0 Å². The van der Waals surface area contributed by atoms with E-state index in [0.29, 0.717) is 41.8 Å². The van der Waals surface area contributed by atoms with E-state index in [1.165, 1.54) is 4.90 Å². The molecule has 0 radical (unpaired) electrons.